The van der Waals surface area contributed by atoms with Gasteiger partial charge in [0.1, 0.15) is 5.82 Å². The lowest BCUT2D eigenvalue weighted by Gasteiger charge is -2.04. The molecule has 0 saturated carbocycles. The average molecular weight is 207 g/mol. The van der Waals surface area contributed by atoms with Gasteiger partial charge in [-0.2, -0.15) is 0 Å². The Bertz CT molecular complexity index is 267. The summed E-state index contributed by atoms with van der Waals surface area (Å²) in [4.78, 5) is 8.70. The fraction of sp³-hybridized carbons (Fsp3) is 0.667. The third-order valence-electron chi connectivity index (χ3n) is 2.28. The molecule has 0 amide bonds. The molecule has 0 aliphatic carbocycles. The lowest BCUT2D eigenvalue weighted by molar-refractivity contribution is 0.573. The third kappa shape index (κ3) is 4.88. The molecular weight excluding hydrogens is 186 g/mol. The van der Waals surface area contributed by atoms with Crippen molar-refractivity contribution in [2.45, 2.75) is 40.2 Å². The lowest BCUT2D eigenvalue weighted by atomic mass is 10.1. The van der Waals surface area contributed by atoms with E-state index in [1.807, 2.05) is 12.4 Å². The first-order valence-corrected chi connectivity index (χ1v) is 5.73. The van der Waals surface area contributed by atoms with Gasteiger partial charge in [0.2, 0.25) is 0 Å². The van der Waals surface area contributed by atoms with E-state index in [1.54, 1.807) is 0 Å². The van der Waals surface area contributed by atoms with E-state index < -0.39 is 0 Å². The standard InChI is InChI=1S/C12H21N3/c1-4-13-7-11-8-14-12(15-9-11)6-5-10(2)3/h8-10,13H,4-7H2,1-3H3. The second-order valence-electron chi connectivity index (χ2n) is 4.22. The molecule has 84 valence electrons. The molecule has 0 unspecified atom stereocenters. The highest BCUT2D eigenvalue weighted by molar-refractivity contribution is 5.04. The molecule has 0 saturated heterocycles. The first kappa shape index (κ1) is 12.1. The SMILES string of the molecule is CCNCc1cnc(CCC(C)C)nc1. The summed E-state index contributed by atoms with van der Waals surface area (Å²) < 4.78 is 0. The van der Waals surface area contributed by atoms with E-state index in [4.69, 9.17) is 0 Å². The largest absolute Gasteiger partial charge is 0.313 e. The predicted octanol–water partition coefficient (Wildman–Crippen LogP) is 2.17. The highest BCUT2D eigenvalue weighted by Crippen LogP contribution is 2.05. The van der Waals surface area contributed by atoms with E-state index in [2.05, 4.69) is 36.1 Å². The van der Waals surface area contributed by atoms with E-state index in [0.717, 1.165) is 43.2 Å². The molecule has 1 heterocycles. The van der Waals surface area contributed by atoms with Crippen molar-refractivity contribution in [2.24, 2.45) is 5.92 Å². The van der Waals surface area contributed by atoms with Gasteiger partial charge in [-0.3, -0.25) is 0 Å². The number of hydrogen-bond donors (Lipinski definition) is 1. The van der Waals surface area contributed by atoms with Gasteiger partial charge in [0.05, 0.1) is 0 Å². The minimum atomic E-state index is 0.718. The number of nitrogens with one attached hydrogen (secondary N) is 1. The molecule has 1 aromatic rings. The van der Waals surface area contributed by atoms with Crippen molar-refractivity contribution in [1.29, 1.82) is 0 Å². The Hall–Kier alpha value is -0.960. The van der Waals surface area contributed by atoms with Gasteiger partial charge >= 0.3 is 0 Å². The fourth-order valence-electron chi connectivity index (χ4n) is 1.29. The van der Waals surface area contributed by atoms with Crippen LogP contribution in [0, 0.1) is 5.92 Å². The Labute approximate surface area is 92.3 Å². The highest BCUT2D eigenvalue weighted by Gasteiger charge is 1.99. The van der Waals surface area contributed by atoms with Crippen molar-refractivity contribution < 1.29 is 0 Å². The van der Waals surface area contributed by atoms with E-state index in [9.17, 15) is 0 Å². The topological polar surface area (TPSA) is 37.8 Å². The molecule has 1 aromatic heterocycles. The Balaban J connectivity index is 2.41. The van der Waals surface area contributed by atoms with Crippen molar-refractivity contribution >= 4 is 0 Å². The van der Waals surface area contributed by atoms with Gasteiger partial charge in [0.15, 0.2) is 0 Å². The molecule has 0 aromatic carbocycles. The van der Waals surface area contributed by atoms with Crippen molar-refractivity contribution in [3.05, 3.63) is 23.8 Å². The zero-order chi connectivity index (χ0) is 11.1. The minimum Gasteiger partial charge on any atom is -0.313 e. The van der Waals surface area contributed by atoms with Crippen molar-refractivity contribution in [1.82, 2.24) is 15.3 Å². The molecule has 0 atom stereocenters. The van der Waals surface area contributed by atoms with E-state index in [-0.39, 0.29) is 0 Å². The molecule has 0 aliphatic rings. The summed E-state index contributed by atoms with van der Waals surface area (Å²) in [5.41, 5.74) is 1.16. The summed E-state index contributed by atoms with van der Waals surface area (Å²) in [5, 5.41) is 3.25. The van der Waals surface area contributed by atoms with Gasteiger partial charge in [-0.1, -0.05) is 20.8 Å². The number of aromatic nitrogens is 2. The Morgan fingerprint density at radius 1 is 1.27 bits per heavy atom. The molecule has 0 spiro atoms. The van der Waals surface area contributed by atoms with Crippen molar-refractivity contribution in [2.75, 3.05) is 6.54 Å². The van der Waals surface area contributed by atoms with Crippen LogP contribution in [0.5, 0.6) is 0 Å². The van der Waals surface area contributed by atoms with Crippen LogP contribution >= 0.6 is 0 Å². The second-order valence-corrected chi connectivity index (χ2v) is 4.22. The average Bonchev–Trinajstić information content (AvgIpc) is 2.25. The maximum atomic E-state index is 4.35. The Kier molecular flexibility index (Phi) is 5.26. The van der Waals surface area contributed by atoms with E-state index in [0.29, 0.717) is 0 Å². The Morgan fingerprint density at radius 3 is 2.47 bits per heavy atom. The van der Waals surface area contributed by atoms with Crippen LogP contribution in [0.4, 0.5) is 0 Å². The first-order valence-electron chi connectivity index (χ1n) is 5.73. The summed E-state index contributed by atoms with van der Waals surface area (Å²) in [6.45, 7) is 8.38. The molecule has 0 aliphatic heterocycles. The summed E-state index contributed by atoms with van der Waals surface area (Å²) in [6, 6.07) is 0. The van der Waals surface area contributed by atoms with Gasteiger partial charge in [0.25, 0.3) is 0 Å². The Morgan fingerprint density at radius 2 is 1.93 bits per heavy atom. The molecule has 0 bridgehead atoms. The maximum Gasteiger partial charge on any atom is 0.128 e. The van der Waals surface area contributed by atoms with Crippen LogP contribution in [-0.2, 0) is 13.0 Å². The number of hydrogen-bond acceptors (Lipinski definition) is 3. The summed E-state index contributed by atoms with van der Waals surface area (Å²) in [5.74, 6) is 1.68. The minimum absolute atomic E-state index is 0.718. The fourth-order valence-corrected chi connectivity index (χ4v) is 1.29. The normalized spacial score (nSPS) is 10.9. The summed E-state index contributed by atoms with van der Waals surface area (Å²) in [7, 11) is 0. The summed E-state index contributed by atoms with van der Waals surface area (Å²) in [6.07, 6.45) is 5.99. The van der Waals surface area contributed by atoms with Crippen LogP contribution in [0.2, 0.25) is 0 Å². The number of nitrogens with zero attached hydrogens (tertiary/aromatic N) is 2. The second kappa shape index (κ2) is 6.51. The zero-order valence-electron chi connectivity index (χ0n) is 9.95. The quantitative estimate of drug-likeness (QED) is 0.777. The van der Waals surface area contributed by atoms with Crippen molar-refractivity contribution in [3.8, 4) is 0 Å². The van der Waals surface area contributed by atoms with Crippen molar-refractivity contribution in [3.63, 3.8) is 0 Å². The number of rotatable bonds is 6. The highest BCUT2D eigenvalue weighted by atomic mass is 14.9. The maximum absolute atomic E-state index is 4.35. The monoisotopic (exact) mass is 207 g/mol. The molecule has 0 radical (unpaired) electrons. The van der Waals surface area contributed by atoms with Crippen LogP contribution in [-0.4, -0.2) is 16.5 Å². The van der Waals surface area contributed by atoms with Gasteiger partial charge in [-0.05, 0) is 18.9 Å². The molecule has 1 rings (SSSR count). The molecule has 3 nitrogen and oxygen atoms in total. The van der Waals surface area contributed by atoms with E-state index in [1.165, 1.54) is 0 Å². The molecular formula is C12H21N3. The zero-order valence-corrected chi connectivity index (χ0v) is 9.95. The third-order valence-corrected chi connectivity index (χ3v) is 2.28. The van der Waals surface area contributed by atoms with Gasteiger partial charge in [-0.25, -0.2) is 9.97 Å². The molecule has 15 heavy (non-hydrogen) atoms. The van der Waals surface area contributed by atoms with Crippen LogP contribution in [0.15, 0.2) is 12.4 Å². The van der Waals surface area contributed by atoms with Crippen LogP contribution in [0.3, 0.4) is 0 Å². The van der Waals surface area contributed by atoms with Gasteiger partial charge in [0, 0.05) is 30.9 Å². The van der Waals surface area contributed by atoms with Gasteiger partial charge < -0.3 is 5.32 Å². The first-order chi connectivity index (χ1) is 7.22. The summed E-state index contributed by atoms with van der Waals surface area (Å²) >= 11 is 0. The predicted molar refractivity (Wildman–Crippen MR) is 62.6 cm³/mol. The molecule has 0 fully saturated rings. The smallest absolute Gasteiger partial charge is 0.128 e. The van der Waals surface area contributed by atoms with Crippen LogP contribution < -0.4 is 5.32 Å². The van der Waals surface area contributed by atoms with Crippen LogP contribution in [0.25, 0.3) is 0 Å². The molecule has 1 N–H and O–H groups in total. The van der Waals surface area contributed by atoms with Crippen LogP contribution in [0.1, 0.15) is 38.6 Å². The lowest BCUT2D eigenvalue weighted by Crippen LogP contribution is -2.12. The van der Waals surface area contributed by atoms with Gasteiger partial charge in [-0.15, -0.1) is 0 Å². The molecule has 3 heteroatoms. The number of aryl methyl sites for hydroxylation is 1. The van der Waals surface area contributed by atoms with E-state index >= 15 is 0 Å².